The van der Waals surface area contributed by atoms with Gasteiger partial charge in [0.05, 0.1) is 16.5 Å². The monoisotopic (exact) mass is 183 g/mol. The molecule has 66 valence electrons. The number of rotatable bonds is 2. The van der Waals surface area contributed by atoms with E-state index in [1.54, 1.807) is 17.5 Å². The molecule has 0 radical (unpaired) electrons. The standard InChI is InChI=1S/C9H13NOS/c1-9(2)3-7(9)8-10-4-6(5-11)12-8/h4,7,11H,3,5H2,1-2H3. The third kappa shape index (κ3) is 1.27. The van der Waals surface area contributed by atoms with Crippen molar-refractivity contribution in [3.8, 4) is 0 Å². The Balaban J connectivity index is 2.15. The molecule has 1 aromatic heterocycles. The molecule has 12 heavy (non-hydrogen) atoms. The van der Waals surface area contributed by atoms with Crippen molar-refractivity contribution >= 4 is 11.3 Å². The van der Waals surface area contributed by atoms with Crippen molar-refractivity contribution in [3.05, 3.63) is 16.1 Å². The normalized spacial score (nSPS) is 25.8. The van der Waals surface area contributed by atoms with E-state index in [4.69, 9.17) is 5.11 Å². The highest BCUT2D eigenvalue weighted by atomic mass is 32.1. The van der Waals surface area contributed by atoms with Gasteiger partial charge in [-0.15, -0.1) is 11.3 Å². The number of thiazole rings is 1. The van der Waals surface area contributed by atoms with Crippen LogP contribution in [0.25, 0.3) is 0 Å². The van der Waals surface area contributed by atoms with E-state index in [9.17, 15) is 0 Å². The molecule has 3 heteroatoms. The second-order valence-corrected chi connectivity index (χ2v) is 5.21. The van der Waals surface area contributed by atoms with Crippen LogP contribution in [0.2, 0.25) is 0 Å². The van der Waals surface area contributed by atoms with Crippen LogP contribution in [0, 0.1) is 5.41 Å². The Bertz CT molecular complexity index is 292. The Morgan fingerprint density at radius 3 is 2.83 bits per heavy atom. The Labute approximate surface area is 76.3 Å². The topological polar surface area (TPSA) is 33.1 Å². The zero-order valence-electron chi connectivity index (χ0n) is 7.37. The van der Waals surface area contributed by atoms with E-state index in [0.29, 0.717) is 11.3 Å². The van der Waals surface area contributed by atoms with Gasteiger partial charge in [-0.3, -0.25) is 0 Å². The highest BCUT2D eigenvalue weighted by Gasteiger charge is 2.48. The molecule has 1 saturated carbocycles. The van der Waals surface area contributed by atoms with E-state index in [1.807, 2.05) is 0 Å². The molecule has 1 aliphatic carbocycles. The van der Waals surface area contributed by atoms with Gasteiger partial charge in [0.25, 0.3) is 0 Å². The summed E-state index contributed by atoms with van der Waals surface area (Å²) in [5, 5.41) is 10.1. The Morgan fingerprint density at radius 1 is 1.75 bits per heavy atom. The number of hydrogen-bond donors (Lipinski definition) is 1. The van der Waals surface area contributed by atoms with Crippen LogP contribution >= 0.6 is 11.3 Å². The first kappa shape index (κ1) is 8.20. The van der Waals surface area contributed by atoms with Gasteiger partial charge in [-0.1, -0.05) is 13.8 Å². The highest BCUT2D eigenvalue weighted by Crippen LogP contribution is 2.59. The van der Waals surface area contributed by atoms with Crippen molar-refractivity contribution in [2.75, 3.05) is 0 Å². The van der Waals surface area contributed by atoms with Crippen LogP contribution in [-0.4, -0.2) is 10.1 Å². The lowest BCUT2D eigenvalue weighted by Crippen LogP contribution is -1.87. The van der Waals surface area contributed by atoms with Gasteiger partial charge in [0.15, 0.2) is 0 Å². The lowest BCUT2D eigenvalue weighted by molar-refractivity contribution is 0.285. The molecule has 1 aromatic rings. The molecule has 0 spiro atoms. The van der Waals surface area contributed by atoms with E-state index in [-0.39, 0.29) is 6.61 Å². The first-order valence-corrected chi connectivity index (χ1v) is 5.00. The maximum Gasteiger partial charge on any atom is 0.0965 e. The van der Waals surface area contributed by atoms with Crippen molar-refractivity contribution in [2.24, 2.45) is 5.41 Å². The smallest absolute Gasteiger partial charge is 0.0965 e. The van der Waals surface area contributed by atoms with Gasteiger partial charge >= 0.3 is 0 Å². The summed E-state index contributed by atoms with van der Waals surface area (Å²) in [6.45, 7) is 4.65. The molecule has 1 N–H and O–H groups in total. The van der Waals surface area contributed by atoms with Crippen molar-refractivity contribution in [3.63, 3.8) is 0 Å². The fraction of sp³-hybridized carbons (Fsp3) is 0.667. The predicted molar refractivity (Wildman–Crippen MR) is 49.2 cm³/mol. The van der Waals surface area contributed by atoms with Crippen molar-refractivity contribution in [2.45, 2.75) is 32.8 Å². The minimum atomic E-state index is 0.130. The minimum Gasteiger partial charge on any atom is -0.391 e. The molecule has 1 heterocycles. The molecule has 1 fully saturated rings. The van der Waals surface area contributed by atoms with Crippen molar-refractivity contribution in [1.82, 2.24) is 4.98 Å². The molecule has 0 saturated heterocycles. The molecule has 1 aliphatic rings. The predicted octanol–water partition coefficient (Wildman–Crippen LogP) is 2.15. The molecular weight excluding hydrogens is 170 g/mol. The third-order valence-electron chi connectivity index (χ3n) is 2.54. The summed E-state index contributed by atoms with van der Waals surface area (Å²) in [6.07, 6.45) is 3.03. The van der Waals surface area contributed by atoms with E-state index >= 15 is 0 Å². The van der Waals surface area contributed by atoms with Gasteiger partial charge in [0, 0.05) is 12.1 Å². The largest absolute Gasteiger partial charge is 0.391 e. The summed E-state index contributed by atoms with van der Waals surface area (Å²) in [7, 11) is 0. The van der Waals surface area contributed by atoms with Gasteiger partial charge in [-0.05, 0) is 11.8 Å². The SMILES string of the molecule is CC1(C)CC1c1ncc(CO)s1. The summed E-state index contributed by atoms with van der Waals surface area (Å²) < 4.78 is 0. The van der Waals surface area contributed by atoms with Gasteiger partial charge < -0.3 is 5.11 Å². The molecule has 0 bridgehead atoms. The number of aliphatic hydroxyl groups is 1. The Hall–Kier alpha value is -0.410. The summed E-state index contributed by atoms with van der Waals surface area (Å²) >= 11 is 1.64. The second-order valence-electron chi connectivity index (χ2n) is 4.07. The summed E-state index contributed by atoms with van der Waals surface area (Å²) in [5.74, 6) is 0.641. The summed E-state index contributed by atoms with van der Waals surface area (Å²) in [5.41, 5.74) is 0.449. The lowest BCUT2D eigenvalue weighted by atomic mass is 10.1. The molecule has 2 rings (SSSR count). The summed E-state index contributed by atoms with van der Waals surface area (Å²) in [6, 6.07) is 0. The number of nitrogens with zero attached hydrogens (tertiary/aromatic N) is 1. The second kappa shape index (κ2) is 2.54. The number of hydrogen-bond acceptors (Lipinski definition) is 3. The molecule has 2 nitrogen and oxygen atoms in total. The minimum absolute atomic E-state index is 0.130. The van der Waals surface area contributed by atoms with Crippen LogP contribution in [0.15, 0.2) is 6.20 Å². The highest BCUT2D eigenvalue weighted by molar-refractivity contribution is 7.11. The van der Waals surface area contributed by atoms with Crippen LogP contribution in [0.4, 0.5) is 0 Å². The molecule has 0 amide bonds. The van der Waals surface area contributed by atoms with E-state index < -0.39 is 0 Å². The first-order valence-electron chi connectivity index (χ1n) is 4.19. The molecule has 1 unspecified atom stereocenters. The van der Waals surface area contributed by atoms with Crippen molar-refractivity contribution in [1.29, 1.82) is 0 Å². The average molecular weight is 183 g/mol. The van der Waals surface area contributed by atoms with Crippen LogP contribution in [-0.2, 0) is 6.61 Å². The fourth-order valence-electron chi connectivity index (χ4n) is 1.45. The zero-order valence-corrected chi connectivity index (χ0v) is 8.19. The van der Waals surface area contributed by atoms with E-state index in [1.165, 1.54) is 11.4 Å². The maximum atomic E-state index is 8.85. The molecule has 0 aromatic carbocycles. The average Bonchev–Trinajstić information content (AvgIpc) is 2.52. The molecule has 0 aliphatic heterocycles. The van der Waals surface area contributed by atoms with Crippen molar-refractivity contribution < 1.29 is 5.11 Å². The van der Waals surface area contributed by atoms with E-state index in [0.717, 1.165) is 4.88 Å². The zero-order chi connectivity index (χ0) is 8.77. The third-order valence-corrected chi connectivity index (χ3v) is 3.63. The molecule has 1 atom stereocenters. The quantitative estimate of drug-likeness (QED) is 0.762. The number of aromatic nitrogens is 1. The van der Waals surface area contributed by atoms with Crippen LogP contribution in [0.3, 0.4) is 0 Å². The van der Waals surface area contributed by atoms with Gasteiger partial charge in [0.1, 0.15) is 0 Å². The first-order chi connectivity index (χ1) is 5.63. The van der Waals surface area contributed by atoms with Gasteiger partial charge in [-0.25, -0.2) is 4.98 Å². The maximum absolute atomic E-state index is 8.85. The van der Waals surface area contributed by atoms with Crippen LogP contribution < -0.4 is 0 Å². The number of aliphatic hydroxyl groups excluding tert-OH is 1. The fourth-order valence-corrected chi connectivity index (χ4v) is 2.53. The van der Waals surface area contributed by atoms with E-state index in [2.05, 4.69) is 18.8 Å². The van der Waals surface area contributed by atoms with Gasteiger partial charge in [-0.2, -0.15) is 0 Å². The Morgan fingerprint density at radius 2 is 2.42 bits per heavy atom. The Kier molecular flexibility index (Phi) is 1.73. The van der Waals surface area contributed by atoms with Gasteiger partial charge in [0.2, 0.25) is 0 Å². The molecular formula is C9H13NOS. The van der Waals surface area contributed by atoms with Crippen LogP contribution in [0.5, 0.6) is 0 Å². The summed E-state index contributed by atoms with van der Waals surface area (Å²) in [4.78, 5) is 5.28. The lowest BCUT2D eigenvalue weighted by Gasteiger charge is -1.97. The van der Waals surface area contributed by atoms with Crippen LogP contribution in [0.1, 0.15) is 36.1 Å².